The van der Waals surface area contributed by atoms with Gasteiger partial charge >= 0.3 is 6.03 Å². The monoisotopic (exact) mass is 533 g/mol. The maximum absolute atomic E-state index is 13.2. The lowest BCUT2D eigenvalue weighted by Crippen LogP contribution is -2.39. The summed E-state index contributed by atoms with van der Waals surface area (Å²) in [7, 11) is 3.50. The third-order valence-electron chi connectivity index (χ3n) is 4.74. The summed E-state index contributed by atoms with van der Waals surface area (Å²) in [6.07, 6.45) is 5.16. The third kappa shape index (κ3) is 8.31. The molecule has 1 aromatic carbocycles. The van der Waals surface area contributed by atoms with E-state index in [9.17, 15) is 23.0 Å². The van der Waals surface area contributed by atoms with Crippen molar-refractivity contribution in [2.45, 2.75) is 19.8 Å². The number of halogens is 1. The average Bonchev–Trinajstić information content (AvgIpc) is 2.83. The van der Waals surface area contributed by atoms with Gasteiger partial charge in [-0.3, -0.25) is 24.2 Å². The molecule has 0 fully saturated rings. The Hall–Kier alpha value is -3.51. The zero-order valence-corrected chi connectivity index (χ0v) is 22.0. The van der Waals surface area contributed by atoms with Crippen molar-refractivity contribution in [3.8, 4) is 0 Å². The number of nitrogens with zero attached hydrogens (tertiary/aromatic N) is 3. The number of likely N-dealkylation sites (N-methyl/N-ethyl adjacent to an activating group) is 1. The number of hydrogen-bond donors (Lipinski definition) is 2. The molecule has 2 N–H and O–H groups in total. The first-order valence-corrected chi connectivity index (χ1v) is 12.7. The number of rotatable bonds is 7. The molecule has 192 valence electrons. The second kappa shape index (κ2) is 13.5. The Morgan fingerprint density at radius 3 is 2.67 bits per heavy atom. The number of pyridine rings is 1. The largest absolute Gasteiger partial charge is 0.378 e. The Labute approximate surface area is 216 Å². The highest BCUT2D eigenvalue weighted by atomic mass is 32.2. The van der Waals surface area contributed by atoms with Gasteiger partial charge in [-0.15, -0.1) is 0 Å². The van der Waals surface area contributed by atoms with E-state index in [4.69, 9.17) is 0 Å². The molecule has 1 aromatic heterocycles. The molecule has 0 saturated heterocycles. The van der Waals surface area contributed by atoms with Crippen LogP contribution in [0.15, 0.2) is 64.8 Å². The number of anilines is 2. The molecule has 0 bridgehead atoms. The van der Waals surface area contributed by atoms with Gasteiger partial charge < -0.3 is 10.2 Å². The quantitative estimate of drug-likeness (QED) is 0.513. The second-order valence-corrected chi connectivity index (χ2v) is 10.2. The summed E-state index contributed by atoms with van der Waals surface area (Å²) in [5, 5.41) is 1.94. The topological polar surface area (TPSA) is 112 Å². The Morgan fingerprint density at radius 2 is 2.06 bits per heavy atom. The van der Waals surface area contributed by atoms with Gasteiger partial charge in [-0.2, -0.15) is 4.39 Å². The summed E-state index contributed by atoms with van der Waals surface area (Å²) in [4.78, 5) is 41.8. The van der Waals surface area contributed by atoms with Crippen molar-refractivity contribution in [1.29, 1.82) is 0 Å². The third-order valence-corrected chi connectivity index (χ3v) is 6.82. The van der Waals surface area contributed by atoms with Gasteiger partial charge in [0.1, 0.15) is 0 Å². The lowest BCUT2D eigenvalue weighted by molar-refractivity contribution is -0.127. The number of imide groups is 1. The summed E-state index contributed by atoms with van der Waals surface area (Å²) in [5.74, 6) is -0.357. The molecule has 0 spiro atoms. The minimum atomic E-state index is -1.89. The first-order chi connectivity index (χ1) is 17.0. The summed E-state index contributed by atoms with van der Waals surface area (Å²) in [6, 6.07) is 8.17. The highest BCUT2D eigenvalue weighted by molar-refractivity contribution is 8.18. The molecule has 3 rings (SSSR count). The molecule has 1 unspecified atom stereocenters. The number of allylic oxidation sites excluding steroid dienone is 1. The zero-order valence-electron chi connectivity index (χ0n) is 20.4. The highest BCUT2D eigenvalue weighted by Crippen LogP contribution is 2.27. The van der Waals surface area contributed by atoms with E-state index in [-0.39, 0.29) is 16.1 Å². The number of fused-ring (bicyclic) bond motifs is 1. The number of hydrogen-bond acceptors (Lipinski definition) is 7. The lowest BCUT2D eigenvalue weighted by Gasteiger charge is -2.24. The molecule has 0 saturated carbocycles. The summed E-state index contributed by atoms with van der Waals surface area (Å²) in [5.41, 5.74) is 2.91. The Balaban J connectivity index is 0.000000259. The zero-order chi connectivity index (χ0) is 26.8. The SMILES string of the molecule is C=C(S/C(F)=C\CC)S(=O)NC(=O)Nc1cccnc1.CN1C(=O)Cc2cc(N(C)C)ccc2C1=O. The molecule has 1 aliphatic rings. The van der Waals surface area contributed by atoms with Crippen molar-refractivity contribution >= 4 is 52.0 Å². The molecular weight excluding hydrogens is 505 g/mol. The molecule has 9 nitrogen and oxygen atoms in total. The van der Waals surface area contributed by atoms with E-state index in [1.54, 1.807) is 31.3 Å². The van der Waals surface area contributed by atoms with Crippen LogP contribution >= 0.6 is 11.8 Å². The van der Waals surface area contributed by atoms with Crippen LogP contribution < -0.4 is 14.9 Å². The van der Waals surface area contributed by atoms with E-state index < -0.39 is 22.2 Å². The first-order valence-electron chi connectivity index (χ1n) is 10.8. The van der Waals surface area contributed by atoms with Gasteiger partial charge in [0.2, 0.25) is 5.91 Å². The average molecular weight is 534 g/mol. The van der Waals surface area contributed by atoms with Gasteiger partial charge in [0, 0.05) is 38.6 Å². The van der Waals surface area contributed by atoms with Crippen molar-refractivity contribution in [1.82, 2.24) is 14.6 Å². The van der Waals surface area contributed by atoms with E-state index in [0.29, 0.717) is 35.9 Å². The van der Waals surface area contributed by atoms with Crippen molar-refractivity contribution in [2.75, 3.05) is 31.4 Å². The molecule has 4 amide bonds. The number of nitrogens with one attached hydrogen (secondary N) is 2. The number of amides is 4. The predicted molar refractivity (Wildman–Crippen MR) is 142 cm³/mol. The molecule has 0 aliphatic carbocycles. The minimum absolute atomic E-state index is 0.00790. The Morgan fingerprint density at radius 1 is 1.33 bits per heavy atom. The molecule has 1 atom stereocenters. The normalized spacial score (nSPS) is 13.7. The van der Waals surface area contributed by atoms with Crippen molar-refractivity contribution in [3.05, 3.63) is 75.9 Å². The standard InChI is InChI=1S/C12H14FN3O2S2.C12H14N2O2/c1-3-5-11(13)19-9(2)20(18)16-12(17)15-10-6-4-7-14-8-10;1-13(2)9-4-5-10-8(6-9)7-11(15)14(3)12(10)16/h4-8H,2-3H2,1H3,(H2,15,16,17);4-6H,7H2,1-3H3/b11-5-;. The molecule has 12 heteroatoms. The van der Waals surface area contributed by atoms with E-state index in [0.717, 1.165) is 11.3 Å². The van der Waals surface area contributed by atoms with Gasteiger partial charge in [-0.25, -0.2) is 9.00 Å². The van der Waals surface area contributed by atoms with E-state index in [1.807, 2.05) is 31.1 Å². The summed E-state index contributed by atoms with van der Waals surface area (Å²) < 4.78 is 27.0. The predicted octanol–water partition coefficient (Wildman–Crippen LogP) is 4.20. The van der Waals surface area contributed by atoms with Crippen molar-refractivity contribution in [3.63, 3.8) is 0 Å². The maximum atomic E-state index is 13.2. The summed E-state index contributed by atoms with van der Waals surface area (Å²) >= 11 is 0.626. The van der Waals surface area contributed by atoms with Crippen LogP contribution in [0.2, 0.25) is 0 Å². The van der Waals surface area contributed by atoms with Crippen LogP contribution in [0, 0.1) is 0 Å². The van der Waals surface area contributed by atoms with E-state index >= 15 is 0 Å². The van der Waals surface area contributed by atoms with Gasteiger partial charge in [0.15, 0.2) is 16.1 Å². The van der Waals surface area contributed by atoms with Crippen LogP contribution in [0.3, 0.4) is 0 Å². The molecule has 36 heavy (non-hydrogen) atoms. The van der Waals surface area contributed by atoms with Crippen LogP contribution in [-0.4, -0.2) is 53.1 Å². The van der Waals surface area contributed by atoms with Crippen LogP contribution in [0.4, 0.5) is 20.6 Å². The van der Waals surface area contributed by atoms with Crippen LogP contribution in [0.1, 0.15) is 29.3 Å². The van der Waals surface area contributed by atoms with Crippen molar-refractivity contribution < 1.29 is 23.0 Å². The fourth-order valence-corrected chi connectivity index (χ4v) is 4.34. The fourth-order valence-electron chi connectivity index (χ4n) is 2.87. The van der Waals surface area contributed by atoms with Crippen LogP contribution in [-0.2, 0) is 22.2 Å². The minimum Gasteiger partial charge on any atom is -0.378 e. The maximum Gasteiger partial charge on any atom is 0.331 e. The number of urea groups is 1. The molecule has 2 aromatic rings. The highest BCUT2D eigenvalue weighted by Gasteiger charge is 2.28. The Kier molecular flexibility index (Phi) is 10.8. The van der Waals surface area contributed by atoms with Crippen LogP contribution in [0.25, 0.3) is 0 Å². The van der Waals surface area contributed by atoms with E-state index in [2.05, 4.69) is 21.6 Å². The Bertz CT molecular complexity index is 1190. The lowest BCUT2D eigenvalue weighted by atomic mass is 9.98. The number of carbonyl (C=O) groups excluding carboxylic acids is 3. The first kappa shape index (κ1) is 28.7. The number of aromatic nitrogens is 1. The van der Waals surface area contributed by atoms with Gasteiger partial charge in [0.05, 0.1) is 22.5 Å². The van der Waals surface area contributed by atoms with Crippen LogP contribution in [0.5, 0.6) is 0 Å². The number of thioether (sulfide) groups is 1. The molecule has 0 radical (unpaired) electrons. The fraction of sp³-hybridized carbons (Fsp3) is 0.250. The molecule has 1 aliphatic heterocycles. The van der Waals surface area contributed by atoms with E-state index in [1.165, 1.54) is 24.2 Å². The molecular formula is C24H28FN5O4S2. The molecule has 2 heterocycles. The van der Waals surface area contributed by atoms with Crippen molar-refractivity contribution in [2.24, 2.45) is 0 Å². The summed E-state index contributed by atoms with van der Waals surface area (Å²) in [6.45, 7) is 5.24. The second-order valence-electron chi connectivity index (χ2n) is 7.63. The number of carbonyl (C=O) groups is 3. The van der Waals surface area contributed by atoms with Gasteiger partial charge in [-0.05, 0) is 60.2 Å². The smallest absolute Gasteiger partial charge is 0.331 e. The number of benzene rings is 1. The van der Waals surface area contributed by atoms with Gasteiger partial charge in [0.25, 0.3) is 5.91 Å². The van der Waals surface area contributed by atoms with Gasteiger partial charge in [-0.1, -0.05) is 13.5 Å².